The summed E-state index contributed by atoms with van der Waals surface area (Å²) in [5.41, 5.74) is 8.68. The van der Waals surface area contributed by atoms with Crippen molar-refractivity contribution in [3.8, 4) is 16.4 Å². The molecule has 1 amide bonds. The molecule has 0 unspecified atom stereocenters. The van der Waals surface area contributed by atoms with Gasteiger partial charge in [-0.2, -0.15) is 5.10 Å². The molecule has 0 aliphatic rings. The van der Waals surface area contributed by atoms with E-state index in [1.165, 1.54) is 11.3 Å². The number of nitrogens with one attached hydrogen (secondary N) is 1. The van der Waals surface area contributed by atoms with Crippen molar-refractivity contribution < 1.29 is 4.79 Å². The Hall–Kier alpha value is -2.22. The molecule has 0 spiro atoms. The average molecular weight is 418 g/mol. The van der Waals surface area contributed by atoms with E-state index in [-0.39, 0.29) is 5.91 Å². The third-order valence-corrected chi connectivity index (χ3v) is 5.55. The zero-order valence-corrected chi connectivity index (χ0v) is 17.4. The van der Waals surface area contributed by atoms with E-state index in [4.69, 9.17) is 17.3 Å². The number of aromatic nitrogens is 3. The van der Waals surface area contributed by atoms with Crippen LogP contribution in [0.5, 0.6) is 0 Å². The summed E-state index contributed by atoms with van der Waals surface area (Å²) in [5.74, 6) is -0.0999. The minimum absolute atomic E-state index is 0.0999. The molecule has 0 bridgehead atoms. The number of rotatable bonds is 9. The fourth-order valence-corrected chi connectivity index (χ4v) is 3.83. The number of hydrogen-bond donors (Lipinski definition) is 2. The van der Waals surface area contributed by atoms with Crippen molar-refractivity contribution in [2.24, 2.45) is 5.73 Å². The maximum absolute atomic E-state index is 12.4. The van der Waals surface area contributed by atoms with Crippen LogP contribution in [-0.2, 0) is 0 Å². The van der Waals surface area contributed by atoms with E-state index in [2.05, 4.69) is 15.4 Å². The summed E-state index contributed by atoms with van der Waals surface area (Å²) in [6, 6.07) is 7.55. The van der Waals surface area contributed by atoms with Gasteiger partial charge in [0.15, 0.2) is 0 Å². The summed E-state index contributed by atoms with van der Waals surface area (Å²) in [6.07, 6.45) is 5.76. The van der Waals surface area contributed by atoms with Crippen molar-refractivity contribution in [1.29, 1.82) is 0 Å². The molecule has 0 atom stereocenters. The van der Waals surface area contributed by atoms with Gasteiger partial charge in [-0.25, -0.2) is 9.67 Å². The summed E-state index contributed by atoms with van der Waals surface area (Å²) < 4.78 is 1.71. The number of nitrogens with zero attached hydrogens (tertiary/aromatic N) is 3. The van der Waals surface area contributed by atoms with Crippen molar-refractivity contribution in [2.45, 2.75) is 32.6 Å². The van der Waals surface area contributed by atoms with Gasteiger partial charge in [-0.15, -0.1) is 11.3 Å². The number of amides is 1. The quantitative estimate of drug-likeness (QED) is 0.510. The Kier molecular flexibility index (Phi) is 7.19. The Morgan fingerprint density at radius 3 is 2.71 bits per heavy atom. The number of thiazole rings is 1. The van der Waals surface area contributed by atoms with E-state index in [0.717, 1.165) is 54.3 Å². The highest BCUT2D eigenvalue weighted by Gasteiger charge is 2.17. The topological polar surface area (TPSA) is 85.8 Å². The Bertz CT molecular complexity index is 919. The molecule has 6 nitrogen and oxygen atoms in total. The lowest BCUT2D eigenvalue weighted by atomic mass is 10.2. The molecule has 0 aliphatic heterocycles. The Morgan fingerprint density at radius 2 is 1.96 bits per heavy atom. The van der Waals surface area contributed by atoms with Crippen molar-refractivity contribution in [2.75, 3.05) is 13.1 Å². The van der Waals surface area contributed by atoms with Crippen LogP contribution in [0.3, 0.4) is 0 Å². The molecule has 3 N–H and O–H groups in total. The van der Waals surface area contributed by atoms with Crippen LogP contribution >= 0.6 is 22.9 Å². The van der Waals surface area contributed by atoms with Crippen LogP contribution in [0.4, 0.5) is 0 Å². The molecule has 0 radical (unpaired) electrons. The number of unbranched alkanes of at least 4 members (excludes halogenated alkanes) is 3. The average Bonchev–Trinajstić information content (AvgIpc) is 3.32. The van der Waals surface area contributed by atoms with Crippen molar-refractivity contribution in [1.82, 2.24) is 20.1 Å². The molecule has 2 heterocycles. The predicted molar refractivity (Wildman–Crippen MR) is 114 cm³/mol. The van der Waals surface area contributed by atoms with Crippen LogP contribution in [0.2, 0.25) is 5.02 Å². The molecule has 3 aromatic rings. The summed E-state index contributed by atoms with van der Waals surface area (Å²) in [4.78, 5) is 17.1. The first-order chi connectivity index (χ1) is 13.6. The standard InChI is InChI=1S/C20H24ClN5OS/c1-14-17(19(27)23-11-5-3-2-4-10-22)12-24-26(14)20-25-18(13-28-20)15-6-8-16(21)9-7-15/h6-9,12-13H,2-5,10-11,22H2,1H3,(H,23,27). The molecule has 0 aliphatic carbocycles. The van der Waals surface area contributed by atoms with E-state index in [9.17, 15) is 4.79 Å². The lowest BCUT2D eigenvalue weighted by Gasteiger charge is -2.05. The van der Waals surface area contributed by atoms with Crippen LogP contribution in [-0.4, -0.2) is 33.8 Å². The van der Waals surface area contributed by atoms with E-state index in [1.807, 2.05) is 36.6 Å². The van der Waals surface area contributed by atoms with Gasteiger partial charge >= 0.3 is 0 Å². The first kappa shape index (κ1) is 20.5. The number of nitrogens with two attached hydrogens (primary N) is 1. The molecule has 8 heteroatoms. The highest BCUT2D eigenvalue weighted by atomic mass is 35.5. The Morgan fingerprint density at radius 1 is 1.21 bits per heavy atom. The molecule has 148 valence electrons. The maximum Gasteiger partial charge on any atom is 0.254 e. The minimum Gasteiger partial charge on any atom is -0.352 e. The molecule has 0 fully saturated rings. The second-order valence-corrected chi connectivity index (χ2v) is 7.81. The number of benzene rings is 1. The third kappa shape index (κ3) is 4.98. The Balaban J connectivity index is 1.64. The van der Waals surface area contributed by atoms with Gasteiger partial charge < -0.3 is 11.1 Å². The minimum atomic E-state index is -0.0999. The SMILES string of the molecule is Cc1c(C(=O)NCCCCCCN)cnn1-c1nc(-c2ccc(Cl)cc2)cs1. The smallest absolute Gasteiger partial charge is 0.254 e. The van der Waals surface area contributed by atoms with Crippen LogP contribution in [0, 0.1) is 6.92 Å². The summed E-state index contributed by atoms with van der Waals surface area (Å²) in [6.45, 7) is 3.26. The van der Waals surface area contributed by atoms with Crippen molar-refractivity contribution in [3.05, 3.63) is 52.1 Å². The van der Waals surface area contributed by atoms with Gasteiger partial charge in [0.2, 0.25) is 5.13 Å². The van der Waals surface area contributed by atoms with E-state index in [1.54, 1.807) is 10.9 Å². The molecule has 0 saturated heterocycles. The normalized spacial score (nSPS) is 11.0. The monoisotopic (exact) mass is 417 g/mol. The van der Waals surface area contributed by atoms with Gasteiger partial charge in [0, 0.05) is 22.5 Å². The zero-order valence-electron chi connectivity index (χ0n) is 15.8. The van der Waals surface area contributed by atoms with Crippen molar-refractivity contribution >= 4 is 28.8 Å². The number of carbonyl (C=O) groups excluding carboxylic acids is 1. The fraction of sp³-hybridized carbons (Fsp3) is 0.350. The molecule has 3 rings (SSSR count). The zero-order chi connectivity index (χ0) is 19.9. The van der Waals surface area contributed by atoms with E-state index >= 15 is 0 Å². The highest BCUT2D eigenvalue weighted by molar-refractivity contribution is 7.12. The lowest BCUT2D eigenvalue weighted by Crippen LogP contribution is -2.24. The van der Waals surface area contributed by atoms with Crippen LogP contribution in [0.15, 0.2) is 35.8 Å². The van der Waals surface area contributed by atoms with E-state index < -0.39 is 0 Å². The summed E-state index contributed by atoms with van der Waals surface area (Å²) >= 11 is 7.43. The second-order valence-electron chi connectivity index (χ2n) is 6.54. The summed E-state index contributed by atoms with van der Waals surface area (Å²) in [5, 5.41) is 10.7. The third-order valence-electron chi connectivity index (χ3n) is 4.48. The molecule has 28 heavy (non-hydrogen) atoms. The maximum atomic E-state index is 12.4. The van der Waals surface area contributed by atoms with E-state index in [0.29, 0.717) is 17.1 Å². The van der Waals surface area contributed by atoms with Crippen molar-refractivity contribution in [3.63, 3.8) is 0 Å². The van der Waals surface area contributed by atoms with Gasteiger partial charge in [0.25, 0.3) is 5.91 Å². The number of halogens is 1. The van der Waals surface area contributed by atoms with Gasteiger partial charge in [-0.1, -0.05) is 36.6 Å². The molecule has 2 aromatic heterocycles. The van der Waals surface area contributed by atoms with Crippen LogP contribution in [0.1, 0.15) is 41.7 Å². The number of hydrogen-bond acceptors (Lipinski definition) is 5. The van der Waals surface area contributed by atoms with Crippen LogP contribution < -0.4 is 11.1 Å². The molecular formula is C20H24ClN5OS. The summed E-state index contributed by atoms with van der Waals surface area (Å²) in [7, 11) is 0. The molecule has 0 saturated carbocycles. The fourth-order valence-electron chi connectivity index (χ4n) is 2.86. The first-order valence-electron chi connectivity index (χ1n) is 9.35. The predicted octanol–water partition coefficient (Wildman–Crippen LogP) is 4.21. The molecular weight excluding hydrogens is 394 g/mol. The number of carbonyl (C=O) groups is 1. The first-order valence-corrected chi connectivity index (χ1v) is 10.6. The van der Waals surface area contributed by atoms with Gasteiger partial charge in [0.05, 0.1) is 23.1 Å². The van der Waals surface area contributed by atoms with Gasteiger partial charge in [-0.3, -0.25) is 4.79 Å². The van der Waals surface area contributed by atoms with Gasteiger partial charge in [-0.05, 0) is 38.4 Å². The highest BCUT2D eigenvalue weighted by Crippen LogP contribution is 2.26. The molecule has 1 aromatic carbocycles. The van der Waals surface area contributed by atoms with Gasteiger partial charge in [0.1, 0.15) is 0 Å². The largest absolute Gasteiger partial charge is 0.352 e. The lowest BCUT2D eigenvalue weighted by molar-refractivity contribution is 0.0952. The Labute approximate surface area is 173 Å². The second kappa shape index (κ2) is 9.82. The van der Waals surface area contributed by atoms with Crippen LogP contribution in [0.25, 0.3) is 16.4 Å².